The molecule has 4 nitrogen and oxygen atoms in total. The molecule has 0 radical (unpaired) electrons. The van der Waals surface area contributed by atoms with Crippen molar-refractivity contribution >= 4 is 5.78 Å². The number of carbonyl (C=O) groups is 1. The number of hydrogen-bond acceptors (Lipinski definition) is 4. The van der Waals surface area contributed by atoms with Gasteiger partial charge in [0.15, 0.2) is 5.78 Å². The van der Waals surface area contributed by atoms with Gasteiger partial charge in [-0.15, -0.1) is 0 Å². The van der Waals surface area contributed by atoms with Crippen molar-refractivity contribution in [3.8, 4) is 0 Å². The molecule has 0 spiro atoms. The standard InChI is InChI=1S/C13H25NO3/c1-5-13(4,12(15)10-17-11(2)3)14-6-8-16-9-7-14/h11H,5-10H2,1-4H3. The Bertz CT molecular complexity index is 249. The van der Waals surface area contributed by atoms with Crippen molar-refractivity contribution in [1.29, 1.82) is 0 Å². The molecule has 1 fully saturated rings. The summed E-state index contributed by atoms with van der Waals surface area (Å²) in [5.41, 5.74) is -0.404. The molecule has 1 aliphatic rings. The van der Waals surface area contributed by atoms with E-state index >= 15 is 0 Å². The molecular weight excluding hydrogens is 218 g/mol. The molecule has 1 unspecified atom stereocenters. The van der Waals surface area contributed by atoms with Crippen LogP contribution in [0.25, 0.3) is 0 Å². The Kier molecular flexibility index (Phi) is 5.56. The SMILES string of the molecule is CCC(C)(C(=O)COC(C)C)N1CCOCC1. The van der Waals surface area contributed by atoms with E-state index in [1.807, 2.05) is 20.8 Å². The third-order valence-corrected chi connectivity index (χ3v) is 3.55. The first-order valence-corrected chi connectivity index (χ1v) is 6.48. The number of carbonyl (C=O) groups excluding carboxylic acids is 1. The minimum atomic E-state index is -0.404. The van der Waals surface area contributed by atoms with Gasteiger partial charge in [-0.2, -0.15) is 0 Å². The van der Waals surface area contributed by atoms with Crippen LogP contribution in [-0.2, 0) is 14.3 Å². The maximum atomic E-state index is 12.3. The summed E-state index contributed by atoms with van der Waals surface area (Å²) < 4.78 is 10.8. The molecule has 0 aromatic carbocycles. The first kappa shape index (κ1) is 14.6. The zero-order valence-electron chi connectivity index (χ0n) is 11.5. The molecule has 0 aromatic rings. The fourth-order valence-electron chi connectivity index (χ4n) is 2.05. The molecular formula is C13H25NO3. The second-order valence-corrected chi connectivity index (χ2v) is 5.01. The van der Waals surface area contributed by atoms with E-state index < -0.39 is 5.54 Å². The quantitative estimate of drug-likeness (QED) is 0.708. The predicted molar refractivity (Wildman–Crippen MR) is 67.2 cm³/mol. The lowest BCUT2D eigenvalue weighted by atomic mass is 9.90. The van der Waals surface area contributed by atoms with Gasteiger partial charge in [-0.05, 0) is 27.2 Å². The first-order valence-electron chi connectivity index (χ1n) is 6.48. The van der Waals surface area contributed by atoms with E-state index in [4.69, 9.17) is 9.47 Å². The molecule has 0 aromatic heterocycles. The predicted octanol–water partition coefficient (Wildman–Crippen LogP) is 1.48. The van der Waals surface area contributed by atoms with Crippen LogP contribution in [0, 0.1) is 0 Å². The average Bonchev–Trinajstić information content (AvgIpc) is 2.35. The highest BCUT2D eigenvalue weighted by atomic mass is 16.5. The molecule has 1 atom stereocenters. The van der Waals surface area contributed by atoms with Crippen LogP contribution in [0.2, 0.25) is 0 Å². The third kappa shape index (κ3) is 3.76. The highest BCUT2D eigenvalue weighted by Crippen LogP contribution is 2.22. The second kappa shape index (κ2) is 6.47. The molecule has 0 N–H and O–H groups in total. The zero-order chi connectivity index (χ0) is 12.9. The number of ketones is 1. The molecule has 0 aliphatic carbocycles. The first-order chi connectivity index (χ1) is 8.00. The highest BCUT2D eigenvalue weighted by Gasteiger charge is 2.38. The van der Waals surface area contributed by atoms with E-state index in [0.29, 0.717) is 13.2 Å². The summed E-state index contributed by atoms with van der Waals surface area (Å²) in [6.45, 7) is 11.3. The third-order valence-electron chi connectivity index (χ3n) is 3.55. The monoisotopic (exact) mass is 243 g/mol. The molecule has 1 aliphatic heterocycles. The summed E-state index contributed by atoms with van der Waals surface area (Å²) in [5, 5.41) is 0. The number of morpholine rings is 1. The van der Waals surface area contributed by atoms with E-state index in [1.165, 1.54) is 0 Å². The summed E-state index contributed by atoms with van der Waals surface area (Å²) in [7, 11) is 0. The lowest BCUT2D eigenvalue weighted by Crippen LogP contribution is -2.57. The number of nitrogens with zero attached hydrogens (tertiary/aromatic N) is 1. The van der Waals surface area contributed by atoms with Crippen molar-refractivity contribution in [1.82, 2.24) is 4.90 Å². The number of Topliss-reactive ketones (excluding diaryl/α,β-unsaturated/α-hetero) is 1. The Hall–Kier alpha value is -0.450. The van der Waals surface area contributed by atoms with Gasteiger partial charge < -0.3 is 9.47 Å². The van der Waals surface area contributed by atoms with Crippen LogP contribution in [0.3, 0.4) is 0 Å². The molecule has 1 heterocycles. The van der Waals surface area contributed by atoms with Crippen molar-refractivity contribution in [2.45, 2.75) is 45.8 Å². The Morgan fingerprint density at radius 2 is 2.00 bits per heavy atom. The van der Waals surface area contributed by atoms with Gasteiger partial charge in [0.05, 0.1) is 24.9 Å². The summed E-state index contributed by atoms with van der Waals surface area (Å²) >= 11 is 0. The highest BCUT2D eigenvalue weighted by molar-refractivity contribution is 5.89. The fourth-order valence-corrected chi connectivity index (χ4v) is 2.05. The summed E-state index contributed by atoms with van der Waals surface area (Å²) in [6.07, 6.45) is 0.914. The van der Waals surface area contributed by atoms with Gasteiger partial charge in [0, 0.05) is 13.1 Å². The fraction of sp³-hybridized carbons (Fsp3) is 0.923. The van der Waals surface area contributed by atoms with E-state index in [-0.39, 0.29) is 18.5 Å². The Balaban J connectivity index is 2.61. The zero-order valence-corrected chi connectivity index (χ0v) is 11.5. The van der Waals surface area contributed by atoms with Crippen LogP contribution >= 0.6 is 0 Å². The molecule has 0 saturated carbocycles. The van der Waals surface area contributed by atoms with Gasteiger partial charge in [0.25, 0.3) is 0 Å². The molecule has 1 saturated heterocycles. The van der Waals surface area contributed by atoms with Gasteiger partial charge in [0.1, 0.15) is 6.61 Å². The maximum Gasteiger partial charge on any atom is 0.178 e. The Labute approximate surface area is 104 Å². The van der Waals surface area contributed by atoms with Crippen molar-refractivity contribution in [3.05, 3.63) is 0 Å². The lowest BCUT2D eigenvalue weighted by Gasteiger charge is -2.41. The summed E-state index contributed by atoms with van der Waals surface area (Å²) in [6, 6.07) is 0. The van der Waals surface area contributed by atoms with Gasteiger partial charge in [-0.1, -0.05) is 6.92 Å². The summed E-state index contributed by atoms with van der Waals surface area (Å²) in [4.78, 5) is 14.5. The van der Waals surface area contributed by atoms with Crippen molar-refractivity contribution in [3.63, 3.8) is 0 Å². The molecule has 0 amide bonds. The van der Waals surface area contributed by atoms with Crippen LogP contribution in [0.1, 0.15) is 34.1 Å². The van der Waals surface area contributed by atoms with Crippen LogP contribution in [0.5, 0.6) is 0 Å². The Morgan fingerprint density at radius 3 is 2.47 bits per heavy atom. The molecule has 1 rings (SSSR count). The molecule has 17 heavy (non-hydrogen) atoms. The Morgan fingerprint density at radius 1 is 1.41 bits per heavy atom. The molecule has 4 heteroatoms. The normalized spacial score (nSPS) is 21.5. The van der Waals surface area contributed by atoms with Gasteiger partial charge in [-0.3, -0.25) is 9.69 Å². The number of ether oxygens (including phenoxy) is 2. The van der Waals surface area contributed by atoms with Crippen molar-refractivity contribution in [2.75, 3.05) is 32.9 Å². The van der Waals surface area contributed by atoms with E-state index in [9.17, 15) is 4.79 Å². The smallest absolute Gasteiger partial charge is 0.178 e. The molecule has 100 valence electrons. The van der Waals surface area contributed by atoms with E-state index in [0.717, 1.165) is 19.5 Å². The van der Waals surface area contributed by atoms with Crippen molar-refractivity contribution in [2.24, 2.45) is 0 Å². The van der Waals surface area contributed by atoms with Gasteiger partial charge >= 0.3 is 0 Å². The number of hydrogen-bond donors (Lipinski definition) is 0. The van der Waals surface area contributed by atoms with Crippen LogP contribution in [0.4, 0.5) is 0 Å². The summed E-state index contributed by atoms with van der Waals surface area (Å²) in [5.74, 6) is 0.176. The minimum Gasteiger partial charge on any atom is -0.379 e. The number of rotatable bonds is 6. The maximum absolute atomic E-state index is 12.3. The lowest BCUT2D eigenvalue weighted by molar-refractivity contribution is -0.140. The molecule has 0 bridgehead atoms. The van der Waals surface area contributed by atoms with Crippen LogP contribution in [-0.4, -0.2) is 55.2 Å². The minimum absolute atomic E-state index is 0.102. The van der Waals surface area contributed by atoms with Crippen LogP contribution < -0.4 is 0 Å². The topological polar surface area (TPSA) is 38.8 Å². The van der Waals surface area contributed by atoms with Gasteiger partial charge in [-0.25, -0.2) is 0 Å². The second-order valence-electron chi connectivity index (χ2n) is 5.01. The average molecular weight is 243 g/mol. The van der Waals surface area contributed by atoms with E-state index in [1.54, 1.807) is 0 Å². The van der Waals surface area contributed by atoms with Crippen LogP contribution in [0.15, 0.2) is 0 Å². The largest absolute Gasteiger partial charge is 0.379 e. The van der Waals surface area contributed by atoms with Crippen molar-refractivity contribution < 1.29 is 14.3 Å². The van der Waals surface area contributed by atoms with E-state index in [2.05, 4.69) is 11.8 Å². The van der Waals surface area contributed by atoms with Gasteiger partial charge in [0.2, 0.25) is 0 Å².